The van der Waals surface area contributed by atoms with Crippen LogP contribution >= 0.6 is 44.1 Å². The molecule has 1 aromatic heterocycles. The molecule has 0 saturated heterocycles. The molecule has 2 aromatic rings. The van der Waals surface area contributed by atoms with E-state index in [1.807, 2.05) is 6.07 Å². The van der Waals surface area contributed by atoms with E-state index in [0.29, 0.717) is 10.6 Å². The minimum Gasteiger partial charge on any atom is -0.342 e. The lowest BCUT2D eigenvalue weighted by molar-refractivity contribution is 0.971. The topological polar surface area (TPSA) is 28.7 Å². The Hall–Kier alpha value is -0.520. The number of benzene rings is 1. The summed E-state index contributed by atoms with van der Waals surface area (Å²) < 4.78 is 2.66. The molecule has 0 unspecified atom stereocenters. The summed E-state index contributed by atoms with van der Waals surface area (Å²) in [4.78, 5) is 7.95. The zero-order valence-corrected chi connectivity index (χ0v) is 14.3. The molecule has 1 heterocycles. The number of aromatic nitrogens is 2. The predicted octanol–water partition coefficient (Wildman–Crippen LogP) is 5.52. The van der Waals surface area contributed by atoms with Crippen LogP contribution in [0.25, 0.3) is 11.4 Å². The van der Waals surface area contributed by atoms with E-state index in [9.17, 15) is 0 Å². The lowest BCUT2D eigenvalue weighted by Gasteiger charge is -2.10. The van der Waals surface area contributed by atoms with Gasteiger partial charge in [0.25, 0.3) is 0 Å². The van der Waals surface area contributed by atoms with Gasteiger partial charge in [0.2, 0.25) is 0 Å². The van der Waals surface area contributed by atoms with Gasteiger partial charge in [0.05, 0.1) is 4.47 Å². The monoisotopic (exact) mass is 398 g/mol. The Balaban J connectivity index is 2.17. The molecule has 1 fully saturated rings. The molecule has 0 radical (unpaired) electrons. The Kier molecular flexibility index (Phi) is 3.62. The van der Waals surface area contributed by atoms with Crippen molar-refractivity contribution in [1.29, 1.82) is 0 Å². The van der Waals surface area contributed by atoms with Gasteiger partial charge in [-0.25, -0.2) is 4.98 Å². The number of aryl methyl sites for hydroxylation is 1. The number of H-pyrrole nitrogens is 1. The van der Waals surface area contributed by atoms with Crippen molar-refractivity contribution in [3.05, 3.63) is 43.0 Å². The molecular weight excluding hydrogens is 388 g/mol. The molecule has 1 aliphatic carbocycles. The van der Waals surface area contributed by atoms with Gasteiger partial charge in [-0.2, -0.15) is 0 Å². The first-order valence-electron chi connectivity index (χ1n) is 6.12. The van der Waals surface area contributed by atoms with Gasteiger partial charge in [-0.15, -0.1) is 0 Å². The maximum Gasteiger partial charge on any atom is 0.144 e. The van der Waals surface area contributed by atoms with Crippen LogP contribution in [-0.4, -0.2) is 9.97 Å². The minimum atomic E-state index is 0.605. The molecule has 2 nitrogen and oxygen atoms in total. The quantitative estimate of drug-likeness (QED) is 0.673. The van der Waals surface area contributed by atoms with Gasteiger partial charge in [0, 0.05) is 21.6 Å². The van der Waals surface area contributed by atoms with E-state index in [-0.39, 0.29) is 0 Å². The molecule has 0 bridgehead atoms. The van der Waals surface area contributed by atoms with Crippen LogP contribution in [-0.2, 0) is 0 Å². The van der Waals surface area contributed by atoms with Crippen molar-refractivity contribution in [2.24, 2.45) is 0 Å². The van der Waals surface area contributed by atoms with Gasteiger partial charge < -0.3 is 4.98 Å². The number of hydrogen-bond donors (Lipinski definition) is 1. The highest BCUT2D eigenvalue weighted by molar-refractivity contribution is 9.10. The third-order valence-electron chi connectivity index (χ3n) is 3.32. The average molecular weight is 400 g/mol. The Bertz CT molecular complexity index is 705. The van der Waals surface area contributed by atoms with Crippen molar-refractivity contribution in [3.63, 3.8) is 0 Å². The van der Waals surface area contributed by atoms with Crippen LogP contribution in [0, 0.1) is 11.6 Å². The van der Waals surface area contributed by atoms with Crippen LogP contribution in [0.3, 0.4) is 0 Å². The molecule has 0 atom stereocenters. The second kappa shape index (κ2) is 5.11. The lowest BCUT2D eigenvalue weighted by atomic mass is 10.1. The standard InChI is InChI=1S/C14H12Br2N2S/c1-7-6-9(15)4-5-10(7)13-17-12(8-2-3-8)11(16)14(19)18-13/h4-6,8H,2-3H2,1H3,(H,17,18,19). The zero-order valence-electron chi connectivity index (χ0n) is 10.3. The Labute approximate surface area is 133 Å². The maximum absolute atomic E-state index is 5.36. The van der Waals surface area contributed by atoms with Crippen LogP contribution in [0.15, 0.2) is 27.1 Å². The fourth-order valence-corrected chi connectivity index (χ4v) is 3.34. The molecule has 19 heavy (non-hydrogen) atoms. The van der Waals surface area contributed by atoms with E-state index in [4.69, 9.17) is 12.2 Å². The van der Waals surface area contributed by atoms with Crippen molar-refractivity contribution in [1.82, 2.24) is 9.97 Å². The van der Waals surface area contributed by atoms with E-state index in [1.165, 1.54) is 24.1 Å². The largest absolute Gasteiger partial charge is 0.342 e. The summed E-state index contributed by atoms with van der Waals surface area (Å²) in [5, 5.41) is 0. The van der Waals surface area contributed by atoms with Gasteiger partial charge in [-0.1, -0.05) is 28.1 Å². The molecule has 1 aromatic carbocycles. The first-order chi connectivity index (χ1) is 9.06. The maximum atomic E-state index is 5.36. The van der Waals surface area contributed by atoms with E-state index in [2.05, 4.69) is 60.9 Å². The Morgan fingerprint density at radius 1 is 1.32 bits per heavy atom. The highest BCUT2D eigenvalue weighted by atomic mass is 79.9. The molecule has 0 aliphatic heterocycles. The minimum absolute atomic E-state index is 0.605. The second-order valence-electron chi connectivity index (χ2n) is 4.85. The average Bonchev–Trinajstić information content (AvgIpc) is 3.17. The van der Waals surface area contributed by atoms with E-state index in [1.54, 1.807) is 0 Å². The van der Waals surface area contributed by atoms with Crippen LogP contribution in [0.5, 0.6) is 0 Å². The Morgan fingerprint density at radius 2 is 2.05 bits per heavy atom. The van der Waals surface area contributed by atoms with Gasteiger partial charge >= 0.3 is 0 Å². The molecule has 0 amide bonds. The predicted molar refractivity (Wildman–Crippen MR) is 87.0 cm³/mol. The van der Waals surface area contributed by atoms with Crippen molar-refractivity contribution in [3.8, 4) is 11.4 Å². The molecular formula is C14H12Br2N2S. The zero-order chi connectivity index (χ0) is 13.6. The molecule has 0 spiro atoms. The lowest BCUT2D eigenvalue weighted by Crippen LogP contribution is -1.98. The van der Waals surface area contributed by atoms with E-state index < -0.39 is 0 Å². The molecule has 5 heteroatoms. The van der Waals surface area contributed by atoms with Crippen LogP contribution in [0.1, 0.15) is 30.0 Å². The second-order valence-corrected chi connectivity index (χ2v) is 6.95. The van der Waals surface area contributed by atoms with Crippen molar-refractivity contribution < 1.29 is 0 Å². The van der Waals surface area contributed by atoms with Crippen LogP contribution in [0.2, 0.25) is 0 Å². The summed E-state index contributed by atoms with van der Waals surface area (Å²) in [6.45, 7) is 2.08. The molecule has 1 saturated carbocycles. The number of hydrogen-bond acceptors (Lipinski definition) is 2. The summed E-state index contributed by atoms with van der Waals surface area (Å²) in [6.07, 6.45) is 2.46. The molecule has 1 N–H and O–H groups in total. The number of rotatable bonds is 2. The van der Waals surface area contributed by atoms with Crippen LogP contribution < -0.4 is 0 Å². The van der Waals surface area contributed by atoms with Crippen molar-refractivity contribution >= 4 is 44.1 Å². The van der Waals surface area contributed by atoms with Gasteiger partial charge in [-0.05, 0) is 59.5 Å². The van der Waals surface area contributed by atoms with Crippen molar-refractivity contribution in [2.45, 2.75) is 25.7 Å². The smallest absolute Gasteiger partial charge is 0.144 e. The molecule has 98 valence electrons. The number of halogens is 2. The SMILES string of the molecule is Cc1cc(Br)ccc1-c1nc(=S)c(Br)c(C2CC2)[nH]1. The number of aromatic amines is 1. The van der Waals surface area contributed by atoms with E-state index >= 15 is 0 Å². The normalized spacial score (nSPS) is 14.7. The third-order valence-corrected chi connectivity index (χ3v) is 5.17. The first kappa shape index (κ1) is 13.5. The van der Waals surface area contributed by atoms with E-state index in [0.717, 1.165) is 20.3 Å². The fourth-order valence-electron chi connectivity index (χ4n) is 2.15. The fraction of sp³-hybridized carbons (Fsp3) is 0.286. The van der Waals surface area contributed by atoms with Crippen LogP contribution in [0.4, 0.5) is 0 Å². The summed E-state index contributed by atoms with van der Waals surface area (Å²) >= 11 is 12.4. The summed E-state index contributed by atoms with van der Waals surface area (Å²) in [5.41, 5.74) is 3.47. The molecule has 1 aliphatic rings. The summed E-state index contributed by atoms with van der Waals surface area (Å²) in [6, 6.07) is 6.18. The first-order valence-corrected chi connectivity index (χ1v) is 8.12. The molecule has 3 rings (SSSR count). The number of nitrogens with zero attached hydrogens (tertiary/aromatic N) is 1. The van der Waals surface area contributed by atoms with Gasteiger partial charge in [0.1, 0.15) is 10.5 Å². The summed E-state index contributed by atoms with van der Waals surface area (Å²) in [5.74, 6) is 1.47. The van der Waals surface area contributed by atoms with Gasteiger partial charge in [-0.3, -0.25) is 0 Å². The van der Waals surface area contributed by atoms with Gasteiger partial charge in [0.15, 0.2) is 0 Å². The van der Waals surface area contributed by atoms with Crippen molar-refractivity contribution in [2.75, 3.05) is 0 Å². The summed E-state index contributed by atoms with van der Waals surface area (Å²) in [7, 11) is 0. The Morgan fingerprint density at radius 3 is 2.68 bits per heavy atom. The number of nitrogens with one attached hydrogen (secondary N) is 1. The third kappa shape index (κ3) is 2.69. The highest BCUT2D eigenvalue weighted by Gasteiger charge is 2.27. The highest BCUT2D eigenvalue weighted by Crippen LogP contribution is 2.43.